The van der Waals surface area contributed by atoms with Crippen molar-refractivity contribution in [2.45, 2.75) is 77.3 Å². The monoisotopic (exact) mass is 344 g/mol. The number of aryl methyl sites for hydroxylation is 1. The molecule has 0 unspecified atom stereocenters. The zero-order valence-corrected chi connectivity index (χ0v) is 15.7. The number of nitrogens with one attached hydrogen (secondary N) is 2. The van der Waals surface area contributed by atoms with Crippen molar-refractivity contribution in [3.8, 4) is 0 Å². The summed E-state index contributed by atoms with van der Waals surface area (Å²) in [7, 11) is 1.99. The molecule has 25 heavy (non-hydrogen) atoms. The van der Waals surface area contributed by atoms with E-state index in [2.05, 4.69) is 26.9 Å². The van der Waals surface area contributed by atoms with Gasteiger partial charge in [0.05, 0.1) is 0 Å². The Kier molecular flexibility index (Phi) is 6.48. The standard InChI is InChI=1S/C19H32N6/c1-15-23-24-18(25(15)2)14-21-19(22-17-10-6-7-11-17)20-13-12-16-8-4-3-5-9-16/h8,17H,3-7,9-14H2,1-2H3,(H2,20,21,22). The lowest BCUT2D eigenvalue weighted by molar-refractivity contribution is 0.606. The van der Waals surface area contributed by atoms with Crippen LogP contribution in [0.2, 0.25) is 0 Å². The molecule has 3 rings (SSSR count). The summed E-state index contributed by atoms with van der Waals surface area (Å²) in [6.45, 7) is 3.47. The second-order valence-electron chi connectivity index (χ2n) is 7.30. The molecule has 1 saturated carbocycles. The Bertz CT molecular complexity index is 609. The van der Waals surface area contributed by atoms with Crippen LogP contribution >= 0.6 is 0 Å². The fourth-order valence-electron chi connectivity index (χ4n) is 3.63. The van der Waals surface area contributed by atoms with Gasteiger partial charge in [-0.05, 0) is 51.9 Å². The molecule has 6 nitrogen and oxygen atoms in total. The van der Waals surface area contributed by atoms with Gasteiger partial charge in [0.1, 0.15) is 12.4 Å². The minimum Gasteiger partial charge on any atom is -0.356 e. The lowest BCUT2D eigenvalue weighted by Gasteiger charge is -2.18. The van der Waals surface area contributed by atoms with Crippen LogP contribution in [0, 0.1) is 6.92 Å². The largest absolute Gasteiger partial charge is 0.356 e. The molecule has 0 radical (unpaired) electrons. The Morgan fingerprint density at radius 1 is 1.24 bits per heavy atom. The van der Waals surface area contributed by atoms with Gasteiger partial charge in [-0.1, -0.05) is 24.5 Å². The van der Waals surface area contributed by atoms with Gasteiger partial charge >= 0.3 is 0 Å². The first-order valence-electron chi connectivity index (χ1n) is 9.80. The third kappa shape index (κ3) is 5.31. The Labute approximate surface area is 151 Å². The smallest absolute Gasteiger partial charge is 0.191 e. The number of aliphatic imine (C=N–C) groups is 1. The van der Waals surface area contributed by atoms with Gasteiger partial charge in [-0.15, -0.1) is 10.2 Å². The summed E-state index contributed by atoms with van der Waals surface area (Å²) in [5.74, 6) is 2.75. The maximum atomic E-state index is 4.77. The number of rotatable bonds is 6. The molecule has 2 N–H and O–H groups in total. The minimum absolute atomic E-state index is 0.557. The van der Waals surface area contributed by atoms with Crippen LogP contribution in [-0.4, -0.2) is 33.3 Å². The van der Waals surface area contributed by atoms with Crippen molar-refractivity contribution in [1.29, 1.82) is 0 Å². The fraction of sp³-hybridized carbons (Fsp3) is 0.737. The number of hydrogen-bond donors (Lipinski definition) is 2. The minimum atomic E-state index is 0.557. The highest BCUT2D eigenvalue weighted by Crippen LogP contribution is 2.19. The Morgan fingerprint density at radius 3 is 2.76 bits per heavy atom. The van der Waals surface area contributed by atoms with Gasteiger partial charge in [-0.25, -0.2) is 4.99 Å². The molecule has 0 aliphatic heterocycles. The van der Waals surface area contributed by atoms with E-state index in [0.717, 1.165) is 30.6 Å². The van der Waals surface area contributed by atoms with Crippen molar-refractivity contribution in [2.75, 3.05) is 6.54 Å². The van der Waals surface area contributed by atoms with Crippen LogP contribution in [0.4, 0.5) is 0 Å². The molecule has 2 aliphatic carbocycles. The Hall–Kier alpha value is -1.85. The normalized spacial score (nSPS) is 19.1. The van der Waals surface area contributed by atoms with Crippen LogP contribution in [-0.2, 0) is 13.6 Å². The van der Waals surface area contributed by atoms with Crippen LogP contribution in [0.3, 0.4) is 0 Å². The molecule has 1 heterocycles. The Balaban J connectivity index is 1.56. The van der Waals surface area contributed by atoms with E-state index in [-0.39, 0.29) is 0 Å². The van der Waals surface area contributed by atoms with Crippen LogP contribution in [0.15, 0.2) is 16.6 Å². The van der Waals surface area contributed by atoms with E-state index in [1.165, 1.54) is 51.4 Å². The van der Waals surface area contributed by atoms with Gasteiger partial charge in [-0.2, -0.15) is 0 Å². The quantitative estimate of drug-likeness (QED) is 0.473. The van der Waals surface area contributed by atoms with Crippen molar-refractivity contribution in [3.05, 3.63) is 23.3 Å². The van der Waals surface area contributed by atoms with Crippen molar-refractivity contribution in [2.24, 2.45) is 12.0 Å². The van der Waals surface area contributed by atoms with E-state index >= 15 is 0 Å². The summed E-state index contributed by atoms with van der Waals surface area (Å²) in [6.07, 6.45) is 13.9. The summed E-state index contributed by atoms with van der Waals surface area (Å²) < 4.78 is 2.00. The summed E-state index contributed by atoms with van der Waals surface area (Å²) >= 11 is 0. The molecule has 1 aromatic rings. The highest BCUT2D eigenvalue weighted by Gasteiger charge is 2.16. The molecule has 0 amide bonds. The molecule has 0 spiro atoms. The van der Waals surface area contributed by atoms with Gasteiger partial charge in [0.15, 0.2) is 11.8 Å². The van der Waals surface area contributed by atoms with Gasteiger partial charge in [-0.3, -0.25) is 0 Å². The number of guanidine groups is 1. The van der Waals surface area contributed by atoms with Crippen LogP contribution in [0.5, 0.6) is 0 Å². The van der Waals surface area contributed by atoms with Crippen LogP contribution < -0.4 is 10.6 Å². The molecule has 0 bridgehead atoms. The van der Waals surface area contributed by atoms with Crippen LogP contribution in [0.1, 0.15) is 69.4 Å². The zero-order valence-electron chi connectivity index (χ0n) is 15.7. The lowest BCUT2D eigenvalue weighted by Crippen LogP contribution is -2.43. The SMILES string of the molecule is Cc1nnc(CN=C(NCCC2=CCCCC2)NC2CCCC2)n1C. The van der Waals surface area contributed by atoms with Gasteiger partial charge in [0.2, 0.25) is 0 Å². The fourth-order valence-corrected chi connectivity index (χ4v) is 3.63. The van der Waals surface area contributed by atoms with E-state index in [4.69, 9.17) is 4.99 Å². The molecular formula is C19H32N6. The summed E-state index contributed by atoms with van der Waals surface area (Å²) in [5, 5.41) is 15.5. The van der Waals surface area contributed by atoms with Gasteiger partial charge < -0.3 is 15.2 Å². The average molecular weight is 345 g/mol. The second-order valence-corrected chi connectivity index (χ2v) is 7.30. The van der Waals surface area contributed by atoms with E-state index < -0.39 is 0 Å². The maximum absolute atomic E-state index is 4.77. The third-order valence-corrected chi connectivity index (χ3v) is 5.38. The van der Waals surface area contributed by atoms with Gasteiger partial charge in [0.25, 0.3) is 0 Å². The van der Waals surface area contributed by atoms with Crippen molar-refractivity contribution < 1.29 is 0 Å². The first-order valence-corrected chi connectivity index (χ1v) is 9.80. The predicted octanol–water partition coefficient (Wildman–Crippen LogP) is 2.99. The molecule has 0 aromatic carbocycles. The number of aromatic nitrogens is 3. The molecule has 138 valence electrons. The van der Waals surface area contributed by atoms with E-state index in [1.807, 2.05) is 18.5 Å². The molecule has 6 heteroatoms. The first-order chi connectivity index (χ1) is 12.2. The van der Waals surface area contributed by atoms with E-state index in [1.54, 1.807) is 5.57 Å². The molecule has 0 atom stereocenters. The maximum Gasteiger partial charge on any atom is 0.191 e. The van der Waals surface area contributed by atoms with E-state index in [0.29, 0.717) is 12.6 Å². The number of allylic oxidation sites excluding steroid dienone is 1. The second kappa shape index (κ2) is 9.02. The summed E-state index contributed by atoms with van der Waals surface area (Å²) in [4.78, 5) is 4.77. The summed E-state index contributed by atoms with van der Waals surface area (Å²) in [5.41, 5.74) is 1.60. The summed E-state index contributed by atoms with van der Waals surface area (Å²) in [6, 6.07) is 0.557. The van der Waals surface area contributed by atoms with Gasteiger partial charge in [0, 0.05) is 19.6 Å². The zero-order chi connectivity index (χ0) is 17.5. The van der Waals surface area contributed by atoms with Crippen molar-refractivity contribution >= 4 is 5.96 Å². The highest BCUT2D eigenvalue weighted by molar-refractivity contribution is 5.80. The third-order valence-electron chi connectivity index (χ3n) is 5.38. The highest BCUT2D eigenvalue weighted by atomic mass is 15.3. The van der Waals surface area contributed by atoms with E-state index in [9.17, 15) is 0 Å². The van der Waals surface area contributed by atoms with Crippen molar-refractivity contribution in [1.82, 2.24) is 25.4 Å². The van der Waals surface area contributed by atoms with Crippen molar-refractivity contribution in [3.63, 3.8) is 0 Å². The number of hydrogen-bond acceptors (Lipinski definition) is 3. The predicted molar refractivity (Wildman–Crippen MR) is 101 cm³/mol. The molecule has 1 aromatic heterocycles. The molecule has 1 fully saturated rings. The topological polar surface area (TPSA) is 67.1 Å². The average Bonchev–Trinajstić information content (AvgIpc) is 3.25. The first kappa shape index (κ1) is 18.0. The molecule has 2 aliphatic rings. The lowest BCUT2D eigenvalue weighted by atomic mass is 9.97. The molecule has 0 saturated heterocycles. The number of nitrogens with zero attached hydrogens (tertiary/aromatic N) is 4. The van der Waals surface area contributed by atoms with Crippen LogP contribution in [0.25, 0.3) is 0 Å². The Morgan fingerprint density at radius 2 is 2.08 bits per heavy atom. The molecular weight excluding hydrogens is 312 g/mol.